The molecule has 0 radical (unpaired) electrons. The Labute approximate surface area is 231 Å². The Morgan fingerprint density at radius 3 is 2.37 bits per heavy atom. The number of rotatable bonds is 13. The second kappa shape index (κ2) is 13.6. The van der Waals surface area contributed by atoms with Crippen molar-refractivity contribution in [1.29, 1.82) is 0 Å². The van der Waals surface area contributed by atoms with Crippen molar-refractivity contribution in [2.45, 2.75) is 85.7 Å². The van der Waals surface area contributed by atoms with Crippen LogP contribution >= 0.6 is 11.3 Å². The van der Waals surface area contributed by atoms with Gasteiger partial charge in [-0.25, -0.2) is 0 Å². The van der Waals surface area contributed by atoms with Gasteiger partial charge >= 0.3 is 5.97 Å². The summed E-state index contributed by atoms with van der Waals surface area (Å²) >= 11 is 1.37. The molecule has 1 aromatic heterocycles. The summed E-state index contributed by atoms with van der Waals surface area (Å²) in [5.74, 6) is -0.0340. The first kappa shape index (κ1) is 29.4. The number of ether oxygens (including phenoxy) is 1. The molecule has 0 aliphatic heterocycles. The molecule has 3 aromatic rings. The number of carboxylic acids is 1. The molecule has 0 saturated heterocycles. The quantitative estimate of drug-likeness (QED) is 0.216. The Kier molecular flexibility index (Phi) is 10.5. The first-order chi connectivity index (χ1) is 18.1. The molecule has 6 heteroatoms. The molecule has 0 aliphatic carbocycles. The van der Waals surface area contributed by atoms with Crippen LogP contribution in [0.5, 0.6) is 5.75 Å². The predicted octanol–water partition coefficient (Wildman–Crippen LogP) is 8.23. The van der Waals surface area contributed by atoms with E-state index in [4.69, 9.17) is 9.84 Å². The van der Waals surface area contributed by atoms with E-state index in [-0.39, 0.29) is 30.9 Å². The van der Waals surface area contributed by atoms with Crippen molar-refractivity contribution >= 4 is 23.2 Å². The van der Waals surface area contributed by atoms with Gasteiger partial charge in [0.25, 0.3) is 5.91 Å². The smallest absolute Gasteiger partial charge is 0.305 e. The van der Waals surface area contributed by atoms with Gasteiger partial charge in [-0.3, -0.25) is 9.59 Å². The predicted molar refractivity (Wildman–Crippen MR) is 157 cm³/mol. The highest BCUT2D eigenvalue weighted by molar-refractivity contribution is 7.14. The maximum atomic E-state index is 12.4. The number of carboxylic acid groups (broad SMARTS) is 1. The molecular formula is C32H41NO4S. The zero-order chi connectivity index (χ0) is 27.8. The zero-order valence-electron chi connectivity index (χ0n) is 23.5. The molecule has 0 aliphatic rings. The van der Waals surface area contributed by atoms with Gasteiger partial charge in [-0.05, 0) is 85.5 Å². The Morgan fingerprint density at radius 1 is 1.03 bits per heavy atom. The van der Waals surface area contributed by atoms with Gasteiger partial charge in [0.1, 0.15) is 11.9 Å². The van der Waals surface area contributed by atoms with Crippen molar-refractivity contribution in [2.24, 2.45) is 0 Å². The number of carbonyl (C=O) groups is 2. The van der Waals surface area contributed by atoms with E-state index in [0.29, 0.717) is 4.88 Å². The molecule has 2 N–H and O–H groups in total. The van der Waals surface area contributed by atoms with Gasteiger partial charge in [-0.2, -0.15) is 0 Å². The van der Waals surface area contributed by atoms with E-state index < -0.39 is 5.97 Å². The lowest BCUT2D eigenvalue weighted by Crippen LogP contribution is -2.25. The molecule has 0 bridgehead atoms. The lowest BCUT2D eigenvalue weighted by Gasteiger charge is -2.24. The van der Waals surface area contributed by atoms with Crippen molar-refractivity contribution in [3.05, 3.63) is 74.5 Å². The molecule has 0 fully saturated rings. The monoisotopic (exact) mass is 535 g/mol. The third-order valence-electron chi connectivity index (χ3n) is 6.85. The first-order valence-corrected chi connectivity index (χ1v) is 14.4. The molecule has 0 spiro atoms. The van der Waals surface area contributed by atoms with E-state index >= 15 is 0 Å². The fraction of sp³-hybridized carbons (Fsp3) is 0.438. The van der Waals surface area contributed by atoms with E-state index in [2.05, 4.69) is 70.3 Å². The maximum absolute atomic E-state index is 12.4. The van der Waals surface area contributed by atoms with Crippen molar-refractivity contribution < 1.29 is 19.4 Å². The Bertz CT molecular complexity index is 1240. The van der Waals surface area contributed by atoms with Gasteiger partial charge in [0.2, 0.25) is 0 Å². The number of aliphatic carboxylic acids is 1. The van der Waals surface area contributed by atoms with Crippen molar-refractivity contribution in [3.8, 4) is 16.9 Å². The van der Waals surface area contributed by atoms with Gasteiger partial charge in [-0.1, -0.05) is 57.9 Å². The molecule has 204 valence electrons. The Morgan fingerprint density at radius 2 is 1.74 bits per heavy atom. The van der Waals surface area contributed by atoms with Gasteiger partial charge in [0, 0.05) is 17.0 Å². The topological polar surface area (TPSA) is 75.6 Å². The van der Waals surface area contributed by atoms with Gasteiger partial charge < -0.3 is 15.2 Å². The summed E-state index contributed by atoms with van der Waals surface area (Å²) in [6, 6.07) is 14.8. The maximum Gasteiger partial charge on any atom is 0.305 e. The summed E-state index contributed by atoms with van der Waals surface area (Å²) in [4.78, 5) is 24.6. The molecule has 1 atom stereocenters. The van der Waals surface area contributed by atoms with E-state index in [9.17, 15) is 9.59 Å². The normalized spacial score (nSPS) is 12.0. The lowest BCUT2D eigenvalue weighted by atomic mass is 9.87. The number of nitrogens with one attached hydrogen (secondary N) is 1. The zero-order valence-corrected chi connectivity index (χ0v) is 24.3. The summed E-state index contributed by atoms with van der Waals surface area (Å²) in [5, 5.41) is 11.4. The largest absolute Gasteiger partial charge is 0.485 e. The van der Waals surface area contributed by atoms with Crippen LogP contribution in [0, 0.1) is 13.8 Å². The minimum Gasteiger partial charge on any atom is -0.485 e. The highest BCUT2D eigenvalue weighted by atomic mass is 32.1. The Hall–Kier alpha value is -3.12. The highest BCUT2D eigenvalue weighted by Crippen LogP contribution is 2.41. The molecule has 5 nitrogen and oxygen atoms in total. The number of aryl methyl sites for hydroxylation is 2. The third kappa shape index (κ3) is 7.47. The summed E-state index contributed by atoms with van der Waals surface area (Å²) in [7, 11) is 0. The molecule has 1 unspecified atom stereocenters. The standard InChI is InChI=1S/C32H41NO4S/c1-7-8-9-10-24-11-13-25(14-12-24)31-21(4)19-26(30(20(2)3)22(31)5)37-23(6)27-15-16-28(38-27)32(36)33-18-17-29(34)35/h11-16,19-20,23H,7-10,17-18H2,1-6H3,(H,33,36)(H,34,35). The van der Waals surface area contributed by atoms with Crippen LogP contribution < -0.4 is 10.1 Å². The number of thiophene rings is 1. The van der Waals surface area contributed by atoms with E-state index in [1.807, 2.05) is 13.0 Å². The van der Waals surface area contributed by atoms with Crippen molar-refractivity contribution in [3.63, 3.8) is 0 Å². The number of hydrogen-bond acceptors (Lipinski definition) is 4. The van der Waals surface area contributed by atoms with E-state index in [0.717, 1.165) is 17.0 Å². The van der Waals surface area contributed by atoms with Crippen LogP contribution in [0.1, 0.15) is 102 Å². The second-order valence-corrected chi connectivity index (χ2v) is 11.4. The average molecular weight is 536 g/mol. The number of unbranched alkanes of at least 4 members (excludes halogenated alkanes) is 2. The summed E-state index contributed by atoms with van der Waals surface area (Å²) in [6.07, 6.45) is 4.53. The summed E-state index contributed by atoms with van der Waals surface area (Å²) in [6.45, 7) is 13.1. The second-order valence-electron chi connectivity index (χ2n) is 10.3. The van der Waals surface area contributed by atoms with Crippen LogP contribution in [0.15, 0.2) is 42.5 Å². The molecule has 1 amide bonds. The molecule has 2 aromatic carbocycles. The third-order valence-corrected chi connectivity index (χ3v) is 8.10. The van der Waals surface area contributed by atoms with Crippen LogP contribution in [0.4, 0.5) is 0 Å². The van der Waals surface area contributed by atoms with Crippen LogP contribution in [-0.4, -0.2) is 23.5 Å². The molecule has 3 rings (SSSR count). The van der Waals surface area contributed by atoms with Crippen LogP contribution in [0.3, 0.4) is 0 Å². The minimum absolute atomic E-state index is 0.0980. The first-order valence-electron chi connectivity index (χ1n) is 13.6. The fourth-order valence-corrected chi connectivity index (χ4v) is 5.86. The molecule has 0 saturated carbocycles. The van der Waals surface area contributed by atoms with Crippen molar-refractivity contribution in [2.75, 3.05) is 6.54 Å². The van der Waals surface area contributed by atoms with Crippen molar-refractivity contribution in [1.82, 2.24) is 5.32 Å². The highest BCUT2D eigenvalue weighted by Gasteiger charge is 2.21. The number of carbonyl (C=O) groups excluding carboxylic acids is 1. The summed E-state index contributed by atoms with van der Waals surface area (Å²) < 4.78 is 6.53. The lowest BCUT2D eigenvalue weighted by molar-refractivity contribution is -0.136. The number of hydrogen-bond donors (Lipinski definition) is 2. The van der Waals surface area contributed by atoms with Gasteiger partial charge in [-0.15, -0.1) is 11.3 Å². The fourth-order valence-electron chi connectivity index (χ4n) is 4.95. The molecule has 38 heavy (non-hydrogen) atoms. The van der Waals surface area contributed by atoms with Gasteiger partial charge in [0.05, 0.1) is 11.3 Å². The van der Waals surface area contributed by atoms with Gasteiger partial charge in [0.15, 0.2) is 0 Å². The molecular weight excluding hydrogens is 494 g/mol. The van der Waals surface area contributed by atoms with Crippen LogP contribution in [-0.2, 0) is 11.2 Å². The van der Waals surface area contributed by atoms with E-state index in [1.165, 1.54) is 64.0 Å². The SMILES string of the molecule is CCCCCc1ccc(-c2c(C)cc(OC(C)c3ccc(C(=O)NCCC(=O)O)s3)c(C(C)C)c2C)cc1. The minimum atomic E-state index is -0.934. The molecule has 1 heterocycles. The van der Waals surface area contributed by atoms with Crippen LogP contribution in [0.2, 0.25) is 0 Å². The summed E-state index contributed by atoms with van der Waals surface area (Å²) in [5.41, 5.74) is 7.51. The number of amides is 1. The van der Waals surface area contributed by atoms with Crippen LogP contribution in [0.25, 0.3) is 11.1 Å². The van der Waals surface area contributed by atoms with E-state index in [1.54, 1.807) is 6.07 Å². The number of benzene rings is 2. The average Bonchev–Trinajstić information content (AvgIpc) is 3.35. The Balaban J connectivity index is 1.81.